The Labute approximate surface area is 119 Å². The lowest BCUT2D eigenvalue weighted by Crippen LogP contribution is -2.60. The standard InChI is InChI=1S/C16H32N2O/c1-6-7-8-16(19)18-11-15(13(4)5)17-10-14(18)9-12(2)3/h12-15,17H,6-11H2,1-5H3. The van der Waals surface area contributed by atoms with Crippen LogP contribution in [0.3, 0.4) is 0 Å². The second kappa shape index (κ2) is 7.88. The number of piperazine rings is 1. The van der Waals surface area contributed by atoms with Gasteiger partial charge in [0.15, 0.2) is 0 Å². The number of hydrogen-bond donors (Lipinski definition) is 1. The van der Waals surface area contributed by atoms with E-state index in [2.05, 4.69) is 44.8 Å². The van der Waals surface area contributed by atoms with Crippen molar-refractivity contribution in [3.63, 3.8) is 0 Å². The van der Waals surface area contributed by atoms with Gasteiger partial charge < -0.3 is 10.2 Å². The summed E-state index contributed by atoms with van der Waals surface area (Å²) in [4.78, 5) is 14.6. The molecule has 19 heavy (non-hydrogen) atoms. The van der Waals surface area contributed by atoms with Crippen LogP contribution in [-0.4, -0.2) is 36.0 Å². The van der Waals surface area contributed by atoms with Gasteiger partial charge in [0, 0.05) is 31.6 Å². The average Bonchev–Trinajstić information content (AvgIpc) is 2.35. The van der Waals surface area contributed by atoms with Crippen molar-refractivity contribution in [1.82, 2.24) is 10.2 Å². The van der Waals surface area contributed by atoms with E-state index in [1.807, 2.05) is 0 Å². The molecule has 3 heteroatoms. The number of rotatable bonds is 6. The van der Waals surface area contributed by atoms with Crippen LogP contribution < -0.4 is 5.32 Å². The molecule has 1 aliphatic heterocycles. The zero-order chi connectivity index (χ0) is 14.4. The first-order valence-electron chi connectivity index (χ1n) is 7.98. The van der Waals surface area contributed by atoms with Gasteiger partial charge in [0.05, 0.1) is 0 Å². The monoisotopic (exact) mass is 268 g/mol. The van der Waals surface area contributed by atoms with Crippen molar-refractivity contribution in [2.75, 3.05) is 13.1 Å². The Kier molecular flexibility index (Phi) is 6.84. The highest BCUT2D eigenvalue weighted by molar-refractivity contribution is 5.76. The van der Waals surface area contributed by atoms with Crippen molar-refractivity contribution in [3.05, 3.63) is 0 Å². The Hall–Kier alpha value is -0.570. The molecule has 0 saturated carbocycles. The number of amides is 1. The maximum atomic E-state index is 12.4. The van der Waals surface area contributed by atoms with Crippen LogP contribution in [0.5, 0.6) is 0 Å². The minimum absolute atomic E-state index is 0.361. The first kappa shape index (κ1) is 16.5. The van der Waals surface area contributed by atoms with Gasteiger partial charge in [-0.2, -0.15) is 0 Å². The molecule has 1 saturated heterocycles. The summed E-state index contributed by atoms with van der Waals surface area (Å²) in [5, 5.41) is 3.62. The van der Waals surface area contributed by atoms with Crippen LogP contribution in [0.15, 0.2) is 0 Å². The summed E-state index contributed by atoms with van der Waals surface area (Å²) < 4.78 is 0. The zero-order valence-electron chi connectivity index (χ0n) is 13.4. The highest BCUT2D eigenvalue weighted by atomic mass is 16.2. The molecule has 0 aromatic rings. The maximum Gasteiger partial charge on any atom is 0.222 e. The Morgan fingerprint density at radius 3 is 2.53 bits per heavy atom. The molecular weight excluding hydrogens is 236 g/mol. The van der Waals surface area contributed by atoms with Crippen LogP contribution in [-0.2, 0) is 4.79 Å². The molecule has 1 aliphatic rings. The zero-order valence-corrected chi connectivity index (χ0v) is 13.4. The van der Waals surface area contributed by atoms with Gasteiger partial charge in [-0.15, -0.1) is 0 Å². The van der Waals surface area contributed by atoms with E-state index in [1.165, 1.54) is 0 Å². The maximum absolute atomic E-state index is 12.4. The first-order chi connectivity index (χ1) is 8.95. The number of unbranched alkanes of at least 4 members (excludes halogenated alkanes) is 1. The van der Waals surface area contributed by atoms with Crippen molar-refractivity contribution >= 4 is 5.91 Å². The Balaban J connectivity index is 2.67. The molecule has 2 atom stereocenters. The molecule has 3 nitrogen and oxygen atoms in total. The molecule has 1 fully saturated rings. The van der Waals surface area contributed by atoms with Crippen molar-refractivity contribution in [1.29, 1.82) is 0 Å². The Bertz CT molecular complexity index is 276. The summed E-state index contributed by atoms with van der Waals surface area (Å²) in [6.45, 7) is 12.9. The molecule has 0 radical (unpaired) electrons. The van der Waals surface area contributed by atoms with Crippen LogP contribution in [0.25, 0.3) is 0 Å². The van der Waals surface area contributed by atoms with Crippen LogP contribution in [0.1, 0.15) is 60.3 Å². The van der Waals surface area contributed by atoms with Crippen LogP contribution >= 0.6 is 0 Å². The van der Waals surface area contributed by atoms with E-state index in [4.69, 9.17) is 0 Å². The van der Waals surface area contributed by atoms with Gasteiger partial charge in [0.25, 0.3) is 0 Å². The number of hydrogen-bond acceptors (Lipinski definition) is 2. The van der Waals surface area contributed by atoms with Gasteiger partial charge in [-0.05, 0) is 24.7 Å². The highest BCUT2D eigenvalue weighted by Gasteiger charge is 2.32. The molecule has 0 aromatic heterocycles. The van der Waals surface area contributed by atoms with Gasteiger partial charge in [0.2, 0.25) is 5.91 Å². The number of nitrogens with one attached hydrogen (secondary N) is 1. The normalized spacial score (nSPS) is 24.3. The fraction of sp³-hybridized carbons (Fsp3) is 0.938. The summed E-state index contributed by atoms with van der Waals surface area (Å²) in [5.41, 5.74) is 0. The van der Waals surface area contributed by atoms with E-state index in [9.17, 15) is 4.79 Å². The Morgan fingerprint density at radius 1 is 1.32 bits per heavy atom. The van der Waals surface area contributed by atoms with Crippen molar-refractivity contribution in [3.8, 4) is 0 Å². The third kappa shape index (κ3) is 5.13. The topological polar surface area (TPSA) is 32.3 Å². The van der Waals surface area contributed by atoms with Crippen LogP contribution in [0, 0.1) is 11.8 Å². The SMILES string of the molecule is CCCCC(=O)N1CC(C(C)C)NCC1CC(C)C. The van der Waals surface area contributed by atoms with Crippen LogP contribution in [0.2, 0.25) is 0 Å². The lowest BCUT2D eigenvalue weighted by Gasteiger charge is -2.42. The molecule has 2 unspecified atom stereocenters. The van der Waals surface area contributed by atoms with Crippen molar-refractivity contribution < 1.29 is 4.79 Å². The first-order valence-corrected chi connectivity index (χ1v) is 7.98. The third-order valence-electron chi connectivity index (χ3n) is 4.06. The second-order valence-electron chi connectivity index (χ2n) is 6.69. The molecule has 1 N–H and O–H groups in total. The fourth-order valence-corrected chi connectivity index (χ4v) is 2.80. The molecule has 0 aromatic carbocycles. The number of nitrogens with zero attached hydrogens (tertiary/aromatic N) is 1. The lowest BCUT2D eigenvalue weighted by atomic mass is 9.94. The van der Waals surface area contributed by atoms with E-state index >= 15 is 0 Å². The fourth-order valence-electron chi connectivity index (χ4n) is 2.80. The van der Waals surface area contributed by atoms with Gasteiger partial charge in [-0.3, -0.25) is 4.79 Å². The number of carbonyl (C=O) groups excluding carboxylic acids is 1. The van der Waals surface area contributed by atoms with Gasteiger partial charge in [0.1, 0.15) is 0 Å². The molecule has 0 spiro atoms. The summed E-state index contributed by atoms with van der Waals surface area (Å²) >= 11 is 0. The van der Waals surface area contributed by atoms with Gasteiger partial charge >= 0.3 is 0 Å². The predicted molar refractivity (Wildman–Crippen MR) is 81.1 cm³/mol. The molecule has 1 amide bonds. The average molecular weight is 268 g/mol. The van der Waals surface area contributed by atoms with Gasteiger partial charge in [-0.1, -0.05) is 41.0 Å². The summed E-state index contributed by atoms with van der Waals surface area (Å²) in [6.07, 6.45) is 3.94. The molecule has 0 aliphatic carbocycles. The van der Waals surface area contributed by atoms with Crippen molar-refractivity contribution in [2.24, 2.45) is 11.8 Å². The quantitative estimate of drug-likeness (QED) is 0.803. The predicted octanol–water partition coefficient (Wildman–Crippen LogP) is 3.05. The summed E-state index contributed by atoms with van der Waals surface area (Å²) in [7, 11) is 0. The summed E-state index contributed by atoms with van der Waals surface area (Å²) in [5.74, 6) is 1.59. The van der Waals surface area contributed by atoms with E-state index in [0.717, 1.165) is 38.8 Å². The third-order valence-corrected chi connectivity index (χ3v) is 4.06. The van der Waals surface area contributed by atoms with Crippen LogP contribution in [0.4, 0.5) is 0 Å². The minimum atomic E-state index is 0.361. The van der Waals surface area contributed by atoms with Gasteiger partial charge in [-0.25, -0.2) is 0 Å². The minimum Gasteiger partial charge on any atom is -0.337 e. The molecule has 1 heterocycles. The van der Waals surface area contributed by atoms with Crippen molar-refractivity contribution in [2.45, 2.75) is 72.4 Å². The van der Waals surface area contributed by atoms with E-state index in [0.29, 0.717) is 29.8 Å². The molecule has 1 rings (SSSR count). The van der Waals surface area contributed by atoms with E-state index < -0.39 is 0 Å². The van der Waals surface area contributed by atoms with E-state index in [1.54, 1.807) is 0 Å². The highest BCUT2D eigenvalue weighted by Crippen LogP contribution is 2.19. The van der Waals surface area contributed by atoms with E-state index in [-0.39, 0.29) is 0 Å². The molecule has 0 bridgehead atoms. The summed E-state index contributed by atoms with van der Waals surface area (Å²) in [6, 6.07) is 0.841. The lowest BCUT2D eigenvalue weighted by molar-refractivity contribution is -0.136. The number of carbonyl (C=O) groups is 1. The molecular formula is C16H32N2O. The largest absolute Gasteiger partial charge is 0.337 e. The molecule has 112 valence electrons. The Morgan fingerprint density at radius 2 is 2.00 bits per heavy atom. The second-order valence-corrected chi connectivity index (χ2v) is 6.69. The smallest absolute Gasteiger partial charge is 0.222 e.